The van der Waals surface area contributed by atoms with Crippen LogP contribution in [0.2, 0.25) is 0 Å². The standard InChI is InChI=1S/C20H24N2O3/c1-25-16-8-6-14(7-9-16)18(11-21-10-15(24)13-23)19-12-22-20-5-3-2-4-17(19)20/h2-9,12,15,18,21-24H,10-11,13H2,1H3/p+1/t15-,18-/m0/s1. The average Bonchev–Trinajstić information content (AvgIpc) is 3.09. The van der Waals surface area contributed by atoms with E-state index < -0.39 is 6.10 Å². The van der Waals surface area contributed by atoms with Gasteiger partial charge in [0.15, 0.2) is 0 Å². The molecule has 3 rings (SSSR count). The summed E-state index contributed by atoms with van der Waals surface area (Å²) in [4.78, 5) is 3.34. The fraction of sp³-hybridized carbons (Fsp3) is 0.300. The average molecular weight is 341 g/mol. The highest BCUT2D eigenvalue weighted by atomic mass is 16.5. The Bertz CT molecular complexity index is 798. The van der Waals surface area contributed by atoms with Crippen LogP contribution in [0, 0.1) is 0 Å². The second-order valence-electron chi connectivity index (χ2n) is 6.21. The predicted octanol–water partition coefficient (Wildman–Crippen LogP) is 1.23. The van der Waals surface area contributed by atoms with E-state index >= 15 is 0 Å². The van der Waals surface area contributed by atoms with Crippen LogP contribution >= 0.6 is 0 Å². The van der Waals surface area contributed by atoms with Crippen molar-refractivity contribution in [3.8, 4) is 5.75 Å². The lowest BCUT2D eigenvalue weighted by atomic mass is 9.90. The van der Waals surface area contributed by atoms with Crippen molar-refractivity contribution in [2.24, 2.45) is 0 Å². The molecule has 0 aliphatic rings. The first kappa shape index (κ1) is 17.5. The minimum absolute atomic E-state index is 0.174. The highest BCUT2D eigenvalue weighted by molar-refractivity contribution is 5.84. The van der Waals surface area contributed by atoms with Crippen LogP contribution < -0.4 is 10.1 Å². The number of hydrogen-bond donors (Lipinski definition) is 4. The van der Waals surface area contributed by atoms with Crippen LogP contribution in [0.3, 0.4) is 0 Å². The number of fused-ring (bicyclic) bond motifs is 1. The van der Waals surface area contributed by atoms with Crippen LogP contribution in [0.1, 0.15) is 17.0 Å². The number of para-hydroxylation sites is 1. The number of hydrogen-bond acceptors (Lipinski definition) is 3. The van der Waals surface area contributed by atoms with Crippen LogP contribution in [-0.2, 0) is 0 Å². The van der Waals surface area contributed by atoms with E-state index in [9.17, 15) is 5.11 Å². The number of aromatic nitrogens is 1. The molecule has 5 N–H and O–H groups in total. The quantitative estimate of drug-likeness (QED) is 0.497. The fourth-order valence-corrected chi connectivity index (χ4v) is 3.19. The molecular weight excluding hydrogens is 316 g/mol. The van der Waals surface area contributed by atoms with Gasteiger partial charge in [0.1, 0.15) is 18.4 Å². The Kier molecular flexibility index (Phi) is 5.71. The van der Waals surface area contributed by atoms with Gasteiger partial charge in [-0.05, 0) is 29.3 Å². The normalized spacial score (nSPS) is 13.7. The number of quaternary nitrogens is 1. The van der Waals surface area contributed by atoms with Gasteiger partial charge in [0.2, 0.25) is 0 Å². The molecule has 0 bridgehead atoms. The molecule has 3 aromatic rings. The summed E-state index contributed by atoms with van der Waals surface area (Å²) in [5.74, 6) is 1.01. The molecule has 5 nitrogen and oxygen atoms in total. The first-order valence-electron chi connectivity index (χ1n) is 8.53. The smallest absolute Gasteiger partial charge is 0.126 e. The molecular formula is C20H25N2O3+. The van der Waals surface area contributed by atoms with E-state index in [1.807, 2.05) is 24.3 Å². The number of nitrogens with two attached hydrogens (primary N) is 1. The van der Waals surface area contributed by atoms with E-state index in [-0.39, 0.29) is 12.5 Å². The molecule has 0 unspecified atom stereocenters. The van der Waals surface area contributed by atoms with Gasteiger partial charge in [0.25, 0.3) is 0 Å². The van der Waals surface area contributed by atoms with Crippen LogP contribution in [0.15, 0.2) is 54.7 Å². The molecule has 0 amide bonds. The number of nitrogens with one attached hydrogen (secondary N) is 1. The zero-order chi connectivity index (χ0) is 17.6. The number of H-pyrrole nitrogens is 1. The molecule has 132 valence electrons. The van der Waals surface area contributed by atoms with Gasteiger partial charge >= 0.3 is 0 Å². The third-order valence-electron chi connectivity index (χ3n) is 4.57. The topological polar surface area (TPSA) is 82.1 Å². The molecule has 0 spiro atoms. The minimum Gasteiger partial charge on any atom is -0.497 e. The number of aliphatic hydroxyl groups excluding tert-OH is 2. The lowest BCUT2D eigenvalue weighted by Gasteiger charge is -2.17. The van der Waals surface area contributed by atoms with Gasteiger partial charge in [0, 0.05) is 17.1 Å². The van der Waals surface area contributed by atoms with Crippen molar-refractivity contribution >= 4 is 10.9 Å². The summed E-state index contributed by atoms with van der Waals surface area (Å²) in [5, 5.41) is 21.9. The van der Waals surface area contributed by atoms with Crippen LogP contribution in [0.4, 0.5) is 0 Å². The Morgan fingerprint density at radius 2 is 1.84 bits per heavy atom. The first-order chi connectivity index (χ1) is 12.2. The lowest BCUT2D eigenvalue weighted by molar-refractivity contribution is -0.662. The maximum atomic E-state index is 9.61. The number of aromatic amines is 1. The van der Waals surface area contributed by atoms with Crippen molar-refractivity contribution in [1.29, 1.82) is 0 Å². The predicted molar refractivity (Wildman–Crippen MR) is 97.9 cm³/mol. The van der Waals surface area contributed by atoms with Gasteiger partial charge in [-0.1, -0.05) is 30.3 Å². The van der Waals surface area contributed by atoms with Crippen molar-refractivity contribution < 1.29 is 20.3 Å². The molecule has 0 aliphatic heterocycles. The van der Waals surface area contributed by atoms with Crippen LogP contribution in [-0.4, -0.2) is 48.1 Å². The maximum absolute atomic E-state index is 9.61. The van der Waals surface area contributed by atoms with Crippen molar-refractivity contribution in [3.63, 3.8) is 0 Å². The van der Waals surface area contributed by atoms with Gasteiger partial charge < -0.3 is 25.3 Å². The number of aliphatic hydroxyl groups is 2. The van der Waals surface area contributed by atoms with E-state index in [0.29, 0.717) is 6.54 Å². The monoisotopic (exact) mass is 341 g/mol. The van der Waals surface area contributed by atoms with Gasteiger partial charge in [0.05, 0.1) is 26.2 Å². The summed E-state index contributed by atoms with van der Waals surface area (Å²) in [6.07, 6.45) is 1.37. The molecule has 2 atom stereocenters. The minimum atomic E-state index is -0.695. The van der Waals surface area contributed by atoms with E-state index in [4.69, 9.17) is 9.84 Å². The van der Waals surface area contributed by atoms with Gasteiger partial charge in [-0.15, -0.1) is 0 Å². The maximum Gasteiger partial charge on any atom is 0.126 e. The van der Waals surface area contributed by atoms with Gasteiger partial charge in [-0.3, -0.25) is 0 Å². The van der Waals surface area contributed by atoms with Crippen molar-refractivity contribution in [1.82, 2.24) is 4.98 Å². The van der Waals surface area contributed by atoms with Gasteiger partial charge in [-0.2, -0.15) is 0 Å². The molecule has 0 saturated heterocycles. The SMILES string of the molecule is COc1ccc([C@H](C[NH2+]C[C@H](O)CO)c2c[nH]c3ccccc23)cc1. The highest BCUT2D eigenvalue weighted by Gasteiger charge is 2.20. The summed E-state index contributed by atoms with van der Waals surface area (Å²) in [5.41, 5.74) is 3.54. The summed E-state index contributed by atoms with van der Waals surface area (Å²) in [6.45, 7) is 1.05. The summed E-state index contributed by atoms with van der Waals surface area (Å²) in [6, 6.07) is 16.4. The molecule has 5 heteroatoms. The molecule has 0 radical (unpaired) electrons. The summed E-state index contributed by atoms with van der Waals surface area (Å²) >= 11 is 0. The lowest BCUT2D eigenvalue weighted by Crippen LogP contribution is -2.87. The van der Waals surface area contributed by atoms with Gasteiger partial charge in [-0.25, -0.2) is 0 Å². The second kappa shape index (κ2) is 8.16. The van der Waals surface area contributed by atoms with Crippen molar-refractivity contribution in [2.75, 3.05) is 26.8 Å². The van der Waals surface area contributed by atoms with Crippen LogP contribution in [0.5, 0.6) is 5.75 Å². The Morgan fingerprint density at radius 1 is 1.08 bits per heavy atom. The van der Waals surface area contributed by atoms with E-state index in [2.05, 4.69) is 40.8 Å². The third-order valence-corrected chi connectivity index (χ3v) is 4.57. The summed E-state index contributed by atoms with van der Waals surface area (Å²) in [7, 11) is 1.66. The fourth-order valence-electron chi connectivity index (χ4n) is 3.19. The first-order valence-corrected chi connectivity index (χ1v) is 8.53. The Labute approximate surface area is 147 Å². The molecule has 0 saturated carbocycles. The zero-order valence-corrected chi connectivity index (χ0v) is 14.4. The number of rotatable bonds is 8. The Balaban J connectivity index is 1.90. The molecule has 1 aromatic heterocycles. The van der Waals surface area contributed by atoms with E-state index in [0.717, 1.165) is 17.8 Å². The van der Waals surface area contributed by atoms with E-state index in [1.54, 1.807) is 7.11 Å². The number of methoxy groups -OCH3 is 1. The highest BCUT2D eigenvalue weighted by Crippen LogP contribution is 2.30. The zero-order valence-electron chi connectivity index (χ0n) is 14.4. The summed E-state index contributed by atoms with van der Waals surface area (Å²) < 4.78 is 5.26. The Hall–Kier alpha value is -2.34. The largest absolute Gasteiger partial charge is 0.497 e. The van der Waals surface area contributed by atoms with E-state index in [1.165, 1.54) is 16.5 Å². The molecule has 1 heterocycles. The molecule has 0 aliphatic carbocycles. The second-order valence-corrected chi connectivity index (χ2v) is 6.21. The van der Waals surface area contributed by atoms with Crippen molar-refractivity contribution in [2.45, 2.75) is 12.0 Å². The Morgan fingerprint density at radius 3 is 2.56 bits per heavy atom. The third kappa shape index (κ3) is 4.02. The molecule has 2 aromatic carbocycles. The number of ether oxygens (including phenoxy) is 1. The van der Waals surface area contributed by atoms with Crippen LogP contribution in [0.25, 0.3) is 10.9 Å². The van der Waals surface area contributed by atoms with Crippen molar-refractivity contribution in [3.05, 3.63) is 65.9 Å². The molecule has 0 fully saturated rings. The molecule has 25 heavy (non-hydrogen) atoms. The number of benzene rings is 2.